The van der Waals surface area contributed by atoms with Crippen molar-refractivity contribution < 1.29 is 4.21 Å². The summed E-state index contributed by atoms with van der Waals surface area (Å²) >= 11 is 0. The molecule has 14 heavy (non-hydrogen) atoms. The van der Waals surface area contributed by atoms with E-state index in [-0.39, 0.29) is 0 Å². The largest absolute Gasteiger partial charge is 0.440 e. The van der Waals surface area contributed by atoms with Crippen molar-refractivity contribution in [2.75, 3.05) is 0 Å². The Hall–Kier alpha value is -1.35. The number of benzene rings is 2. The van der Waals surface area contributed by atoms with Gasteiger partial charge in [-0.1, -0.05) is 46.9 Å². The van der Waals surface area contributed by atoms with Crippen LogP contribution < -0.4 is 0 Å². The molecule has 0 radical (unpaired) electrons. The van der Waals surface area contributed by atoms with Crippen LogP contribution in [0.3, 0.4) is 0 Å². The third kappa shape index (κ3) is 1.40. The van der Waals surface area contributed by atoms with E-state index in [1.807, 2.05) is 43.3 Å². The highest BCUT2D eigenvalue weighted by molar-refractivity contribution is 7.73. The minimum absolute atomic E-state index is 0.628. The van der Waals surface area contributed by atoms with Gasteiger partial charge in [-0.05, 0) is 17.7 Å². The van der Waals surface area contributed by atoms with Crippen LogP contribution in [0.25, 0.3) is 10.8 Å². The first kappa shape index (κ1) is 9.21. The van der Waals surface area contributed by atoms with Crippen molar-refractivity contribution in [3.05, 3.63) is 42.0 Å². The molecule has 0 heterocycles. The molecule has 1 N–H and O–H groups in total. The second-order valence-corrected chi connectivity index (χ2v) is 4.15. The minimum atomic E-state index is -1.67. The lowest BCUT2D eigenvalue weighted by molar-refractivity contribution is 0.599. The van der Waals surface area contributed by atoms with E-state index in [0.29, 0.717) is 4.90 Å². The van der Waals surface area contributed by atoms with E-state index in [1.165, 1.54) is 0 Å². The van der Waals surface area contributed by atoms with E-state index in [9.17, 15) is 4.21 Å². The van der Waals surface area contributed by atoms with Crippen LogP contribution in [0.15, 0.2) is 41.3 Å². The van der Waals surface area contributed by atoms with Crippen molar-refractivity contribution >= 4 is 21.4 Å². The number of aryl methyl sites for hydroxylation is 1. The topological polar surface area (TPSA) is 40.9 Å². The maximum Gasteiger partial charge on any atom is -0.0199 e. The van der Waals surface area contributed by atoms with Gasteiger partial charge >= 0.3 is 0 Å². The molecule has 3 heteroatoms. The smallest absolute Gasteiger partial charge is 0.0199 e. The average molecular weight is 204 g/mol. The second-order valence-electron chi connectivity index (χ2n) is 3.20. The summed E-state index contributed by atoms with van der Waals surface area (Å²) in [7, 11) is -1.67. The minimum Gasteiger partial charge on any atom is -0.440 e. The van der Waals surface area contributed by atoms with Gasteiger partial charge in [0.15, 0.2) is 0 Å². The fraction of sp³-hybridized carbons (Fsp3) is 0.0909. The van der Waals surface area contributed by atoms with Crippen LogP contribution in [-0.2, 0) is 14.8 Å². The lowest BCUT2D eigenvalue weighted by Gasteiger charge is -2.11. The molecule has 0 spiro atoms. The van der Waals surface area contributed by atoms with Crippen molar-refractivity contribution in [3.8, 4) is 0 Å². The first-order chi connectivity index (χ1) is 6.70. The molecule has 2 rings (SSSR count). The highest BCUT2D eigenvalue weighted by atomic mass is 32.2. The van der Waals surface area contributed by atoms with Crippen LogP contribution in [-0.4, -0.2) is 0 Å². The Bertz CT molecular complexity index is 550. The molecule has 0 aliphatic rings. The Morgan fingerprint density at radius 3 is 2.57 bits per heavy atom. The monoisotopic (exact) mass is 204 g/mol. The highest BCUT2D eigenvalue weighted by Gasteiger charge is 1.97. The van der Waals surface area contributed by atoms with Crippen LogP contribution >= 0.6 is 0 Å². The second kappa shape index (κ2) is 3.42. The summed E-state index contributed by atoms with van der Waals surface area (Å²) in [5, 5.41) is 1.95. The SMILES string of the molecule is Cc1ccc2ccccc2c1[S-](=N)=O. The molecule has 0 aliphatic heterocycles. The van der Waals surface area contributed by atoms with Gasteiger partial charge in [-0.15, -0.1) is 0 Å². The molecular weight excluding hydrogens is 194 g/mol. The van der Waals surface area contributed by atoms with Gasteiger partial charge in [0.1, 0.15) is 0 Å². The van der Waals surface area contributed by atoms with Crippen molar-refractivity contribution in [2.24, 2.45) is 0 Å². The maximum atomic E-state index is 11.3. The first-order valence-corrected chi connectivity index (χ1v) is 5.46. The normalized spacial score (nSPS) is 11.0. The van der Waals surface area contributed by atoms with Crippen LogP contribution in [0.1, 0.15) is 5.56 Å². The average Bonchev–Trinajstić information content (AvgIpc) is 2.17. The number of hydrogen-bond acceptors (Lipinski definition) is 3. The molecule has 2 nitrogen and oxygen atoms in total. The molecule has 0 amide bonds. The molecule has 72 valence electrons. The predicted octanol–water partition coefficient (Wildman–Crippen LogP) is 3.23. The molecule has 0 saturated carbocycles. The zero-order valence-corrected chi connectivity index (χ0v) is 8.60. The van der Waals surface area contributed by atoms with Crippen molar-refractivity contribution in [3.63, 3.8) is 0 Å². The van der Waals surface area contributed by atoms with E-state index in [4.69, 9.17) is 4.78 Å². The molecule has 2 aromatic carbocycles. The molecule has 0 aliphatic carbocycles. The van der Waals surface area contributed by atoms with Crippen LogP contribution in [0.4, 0.5) is 0 Å². The Morgan fingerprint density at radius 2 is 1.86 bits per heavy atom. The highest BCUT2D eigenvalue weighted by Crippen LogP contribution is 2.23. The number of hydrogen-bond donors (Lipinski definition) is 1. The third-order valence-electron chi connectivity index (χ3n) is 2.26. The lowest BCUT2D eigenvalue weighted by atomic mass is 10.1. The predicted molar refractivity (Wildman–Crippen MR) is 57.7 cm³/mol. The molecule has 0 atom stereocenters. The van der Waals surface area contributed by atoms with Crippen molar-refractivity contribution in [2.45, 2.75) is 11.8 Å². The Kier molecular flexibility index (Phi) is 2.25. The van der Waals surface area contributed by atoms with Gasteiger partial charge in [0, 0.05) is 0 Å². The van der Waals surface area contributed by atoms with Gasteiger partial charge in [-0.3, -0.25) is 0 Å². The molecule has 0 fully saturated rings. The van der Waals surface area contributed by atoms with Gasteiger partial charge in [0.05, 0.1) is 0 Å². The van der Waals surface area contributed by atoms with E-state index in [2.05, 4.69) is 0 Å². The van der Waals surface area contributed by atoms with E-state index in [0.717, 1.165) is 16.3 Å². The quantitative estimate of drug-likeness (QED) is 0.712. The molecule has 0 saturated heterocycles. The van der Waals surface area contributed by atoms with Crippen LogP contribution in [0.2, 0.25) is 0 Å². The summed E-state index contributed by atoms with van der Waals surface area (Å²) < 4.78 is 18.6. The fourth-order valence-electron chi connectivity index (χ4n) is 1.60. The number of rotatable bonds is 1. The van der Waals surface area contributed by atoms with Gasteiger partial charge < -0.3 is 8.99 Å². The first-order valence-electron chi connectivity index (χ1n) is 4.31. The van der Waals surface area contributed by atoms with E-state index >= 15 is 0 Å². The summed E-state index contributed by atoms with van der Waals surface area (Å²) in [6, 6.07) is 11.6. The summed E-state index contributed by atoms with van der Waals surface area (Å²) in [6.07, 6.45) is 0. The summed E-state index contributed by atoms with van der Waals surface area (Å²) in [4.78, 5) is 0.628. The summed E-state index contributed by atoms with van der Waals surface area (Å²) in [5.74, 6) is 0. The summed E-state index contributed by atoms with van der Waals surface area (Å²) in [5.41, 5.74) is 0.914. The zero-order valence-electron chi connectivity index (χ0n) is 7.78. The fourth-order valence-corrected chi connectivity index (χ4v) is 2.34. The molecule has 0 unspecified atom stereocenters. The molecule has 0 bridgehead atoms. The van der Waals surface area contributed by atoms with Crippen LogP contribution in [0.5, 0.6) is 0 Å². The maximum absolute atomic E-state index is 11.3. The van der Waals surface area contributed by atoms with Gasteiger partial charge in [0.2, 0.25) is 0 Å². The van der Waals surface area contributed by atoms with Gasteiger partial charge in [-0.25, -0.2) is 0 Å². The Balaban J connectivity index is 2.97. The standard InChI is InChI=1S/C11H10NOS/c1-8-6-7-9-4-2-3-5-10(9)11(8)14(12)13/h2-7,12H,1H3/q-1. The Labute approximate surface area is 84.6 Å². The lowest BCUT2D eigenvalue weighted by Crippen LogP contribution is -1.86. The van der Waals surface area contributed by atoms with Gasteiger partial charge in [0.25, 0.3) is 0 Å². The molecule has 2 aromatic rings. The number of nitrogens with one attached hydrogen (secondary N) is 1. The third-order valence-corrected chi connectivity index (χ3v) is 3.17. The molecule has 0 aromatic heterocycles. The number of fused-ring (bicyclic) bond motifs is 1. The molecular formula is C11H10NOS-. The Morgan fingerprint density at radius 1 is 1.14 bits per heavy atom. The van der Waals surface area contributed by atoms with Crippen molar-refractivity contribution in [1.82, 2.24) is 0 Å². The van der Waals surface area contributed by atoms with Gasteiger partial charge in [-0.2, -0.15) is 10.6 Å². The van der Waals surface area contributed by atoms with E-state index in [1.54, 1.807) is 0 Å². The zero-order chi connectivity index (χ0) is 10.1. The van der Waals surface area contributed by atoms with Crippen LogP contribution in [0, 0.1) is 11.7 Å². The van der Waals surface area contributed by atoms with Crippen molar-refractivity contribution in [1.29, 1.82) is 4.78 Å². The summed E-state index contributed by atoms with van der Waals surface area (Å²) in [6.45, 7) is 1.88. The van der Waals surface area contributed by atoms with E-state index < -0.39 is 10.6 Å².